The lowest BCUT2D eigenvalue weighted by atomic mass is 10.3. The van der Waals surface area contributed by atoms with Gasteiger partial charge in [0, 0.05) is 11.8 Å². The van der Waals surface area contributed by atoms with E-state index in [-0.39, 0.29) is 10.9 Å². The Kier molecular flexibility index (Phi) is 3.84. The molecule has 0 radical (unpaired) electrons. The molecule has 1 aromatic carbocycles. The molecule has 0 atom stereocenters. The van der Waals surface area contributed by atoms with Crippen LogP contribution in [0, 0.1) is 0 Å². The van der Waals surface area contributed by atoms with E-state index in [4.69, 9.17) is 18.0 Å². The Bertz CT molecular complexity index is 616. The Morgan fingerprint density at radius 1 is 1.15 bits per heavy atom. The van der Waals surface area contributed by atoms with E-state index in [1.165, 1.54) is 4.90 Å². The van der Waals surface area contributed by atoms with Crippen LogP contribution in [0.2, 0.25) is 0 Å². The summed E-state index contributed by atoms with van der Waals surface area (Å²) in [6.07, 6.45) is -3.73. The summed E-state index contributed by atoms with van der Waals surface area (Å²) >= 11 is 4.88. The molecule has 2 N–H and O–H groups in total. The van der Waals surface area contributed by atoms with Crippen molar-refractivity contribution in [3.05, 3.63) is 48.4 Å². The van der Waals surface area contributed by atoms with Gasteiger partial charge in [0.25, 0.3) is 0 Å². The third kappa shape index (κ3) is 3.02. The molecule has 0 aliphatic carbocycles. The zero-order valence-corrected chi connectivity index (χ0v) is 10.8. The lowest BCUT2D eigenvalue weighted by Gasteiger charge is -2.22. The van der Waals surface area contributed by atoms with Gasteiger partial charge in [0.2, 0.25) is 0 Å². The maximum absolute atomic E-state index is 12.7. The van der Waals surface area contributed by atoms with E-state index in [1.54, 1.807) is 30.3 Å². The van der Waals surface area contributed by atoms with Gasteiger partial charge in [-0.15, -0.1) is 0 Å². The van der Waals surface area contributed by atoms with Crippen LogP contribution in [-0.2, 0) is 6.18 Å². The number of hydrogen-bond donors (Lipinski definition) is 1. The van der Waals surface area contributed by atoms with Gasteiger partial charge in [0.1, 0.15) is 17.8 Å². The van der Waals surface area contributed by atoms with Crippen molar-refractivity contribution in [2.24, 2.45) is 5.73 Å². The molecule has 4 nitrogen and oxygen atoms in total. The van der Waals surface area contributed by atoms with Crippen LogP contribution in [0.25, 0.3) is 0 Å². The predicted octanol–water partition coefficient (Wildman–Crippen LogP) is 2.88. The largest absolute Gasteiger partial charge is 0.433 e. The summed E-state index contributed by atoms with van der Waals surface area (Å²) in [4.78, 5) is 8.24. The van der Waals surface area contributed by atoms with Crippen LogP contribution in [-0.4, -0.2) is 15.1 Å². The molecule has 0 fully saturated rings. The highest BCUT2D eigenvalue weighted by Gasteiger charge is 2.33. The molecule has 0 aliphatic heterocycles. The number of nitrogens with two attached hydrogens (primary N) is 1. The first-order chi connectivity index (χ1) is 9.39. The maximum Gasteiger partial charge on any atom is 0.433 e. The number of rotatable bonds is 2. The molecule has 20 heavy (non-hydrogen) atoms. The monoisotopic (exact) mass is 298 g/mol. The fourth-order valence-electron chi connectivity index (χ4n) is 1.57. The third-order valence-corrected chi connectivity index (χ3v) is 2.59. The van der Waals surface area contributed by atoms with Crippen molar-refractivity contribution >= 4 is 28.8 Å². The van der Waals surface area contributed by atoms with Crippen LogP contribution in [0.4, 0.5) is 24.7 Å². The Balaban J connectivity index is 2.49. The second-order valence-corrected chi connectivity index (χ2v) is 4.19. The Morgan fingerprint density at radius 2 is 1.80 bits per heavy atom. The number of para-hydroxylation sites is 1. The van der Waals surface area contributed by atoms with Crippen molar-refractivity contribution in [3.8, 4) is 0 Å². The molecule has 0 amide bonds. The standard InChI is InChI=1S/C12H9F3N4S/c13-12(14,15)9-6-10(18-7-17-9)19(11(16)20)8-4-2-1-3-5-8/h1-7H,(H2,16,20). The number of thiocarbonyl (C=S) groups is 1. The molecular weight excluding hydrogens is 289 g/mol. The van der Waals surface area contributed by atoms with E-state index in [2.05, 4.69) is 9.97 Å². The highest BCUT2D eigenvalue weighted by molar-refractivity contribution is 7.80. The predicted molar refractivity (Wildman–Crippen MR) is 72.4 cm³/mol. The van der Waals surface area contributed by atoms with E-state index in [9.17, 15) is 13.2 Å². The number of nitrogens with zero attached hydrogens (tertiary/aromatic N) is 3. The number of anilines is 2. The number of aromatic nitrogens is 2. The topological polar surface area (TPSA) is 55.0 Å². The summed E-state index contributed by atoms with van der Waals surface area (Å²) in [5.74, 6) is -0.0361. The summed E-state index contributed by atoms with van der Waals surface area (Å²) in [6, 6.07) is 9.32. The zero-order valence-electron chi connectivity index (χ0n) is 10.0. The first-order valence-corrected chi connectivity index (χ1v) is 5.84. The summed E-state index contributed by atoms with van der Waals surface area (Å²) in [5.41, 5.74) is 5.04. The second-order valence-electron chi connectivity index (χ2n) is 3.77. The molecule has 0 spiro atoms. The van der Waals surface area contributed by atoms with Gasteiger partial charge in [-0.05, 0) is 24.4 Å². The van der Waals surface area contributed by atoms with Gasteiger partial charge in [-0.3, -0.25) is 4.90 Å². The lowest BCUT2D eigenvalue weighted by Crippen LogP contribution is -2.32. The molecule has 1 aromatic heterocycles. The SMILES string of the molecule is NC(=S)N(c1ccccc1)c1cc(C(F)(F)F)ncn1. The molecule has 1 heterocycles. The van der Waals surface area contributed by atoms with Crippen LogP contribution < -0.4 is 10.6 Å². The number of benzene rings is 1. The lowest BCUT2D eigenvalue weighted by molar-refractivity contribution is -0.141. The van der Waals surface area contributed by atoms with E-state index >= 15 is 0 Å². The van der Waals surface area contributed by atoms with Crippen molar-refractivity contribution in [3.63, 3.8) is 0 Å². The van der Waals surface area contributed by atoms with E-state index in [1.807, 2.05) is 0 Å². The molecule has 0 saturated heterocycles. The van der Waals surface area contributed by atoms with Crippen molar-refractivity contribution in [2.75, 3.05) is 4.90 Å². The summed E-state index contributed by atoms with van der Waals surface area (Å²) in [7, 11) is 0. The van der Waals surface area contributed by atoms with Crippen molar-refractivity contribution in [1.29, 1.82) is 0 Å². The van der Waals surface area contributed by atoms with Gasteiger partial charge in [0.15, 0.2) is 5.11 Å². The summed E-state index contributed by atoms with van der Waals surface area (Å²) in [5, 5.41) is -0.108. The molecule has 8 heteroatoms. The summed E-state index contributed by atoms with van der Waals surface area (Å²) < 4.78 is 38.0. The van der Waals surface area contributed by atoms with Gasteiger partial charge >= 0.3 is 6.18 Å². The van der Waals surface area contributed by atoms with Gasteiger partial charge < -0.3 is 5.73 Å². The third-order valence-electron chi connectivity index (χ3n) is 2.41. The maximum atomic E-state index is 12.7. The molecule has 0 unspecified atom stereocenters. The smallest absolute Gasteiger partial charge is 0.376 e. The average molecular weight is 298 g/mol. The quantitative estimate of drug-likeness (QED) is 0.864. The minimum atomic E-state index is -4.56. The van der Waals surface area contributed by atoms with Crippen molar-refractivity contribution < 1.29 is 13.2 Å². The minimum absolute atomic E-state index is 0.0361. The summed E-state index contributed by atoms with van der Waals surface area (Å²) in [6.45, 7) is 0. The fourth-order valence-corrected chi connectivity index (χ4v) is 1.77. The van der Waals surface area contributed by atoms with Crippen LogP contribution in [0.15, 0.2) is 42.7 Å². The van der Waals surface area contributed by atoms with E-state index in [0.29, 0.717) is 5.69 Å². The Hall–Kier alpha value is -2.22. The van der Waals surface area contributed by atoms with Gasteiger partial charge in [-0.2, -0.15) is 13.2 Å². The van der Waals surface area contributed by atoms with Crippen molar-refractivity contribution in [2.45, 2.75) is 6.18 Å². The number of alkyl halides is 3. The highest BCUT2D eigenvalue weighted by atomic mass is 32.1. The Morgan fingerprint density at radius 3 is 2.35 bits per heavy atom. The van der Waals surface area contributed by atoms with Crippen LogP contribution >= 0.6 is 12.2 Å². The zero-order chi connectivity index (χ0) is 14.8. The average Bonchev–Trinajstić information content (AvgIpc) is 2.39. The first kappa shape index (κ1) is 14.2. The van der Waals surface area contributed by atoms with Gasteiger partial charge in [0.05, 0.1) is 0 Å². The number of halogens is 3. The van der Waals surface area contributed by atoms with Crippen LogP contribution in [0.3, 0.4) is 0 Å². The normalized spacial score (nSPS) is 11.2. The molecule has 2 aromatic rings. The minimum Gasteiger partial charge on any atom is -0.376 e. The number of hydrogen-bond acceptors (Lipinski definition) is 3. The molecular formula is C12H9F3N4S. The van der Waals surface area contributed by atoms with Crippen LogP contribution in [0.1, 0.15) is 5.69 Å². The molecule has 104 valence electrons. The van der Waals surface area contributed by atoms with E-state index < -0.39 is 11.9 Å². The molecule has 2 rings (SSSR count). The van der Waals surface area contributed by atoms with Gasteiger partial charge in [-0.25, -0.2) is 9.97 Å². The molecule has 0 bridgehead atoms. The fraction of sp³-hybridized carbons (Fsp3) is 0.0833. The second kappa shape index (κ2) is 5.41. The van der Waals surface area contributed by atoms with Gasteiger partial charge in [-0.1, -0.05) is 18.2 Å². The van der Waals surface area contributed by atoms with Crippen LogP contribution in [0.5, 0.6) is 0 Å². The van der Waals surface area contributed by atoms with Crippen molar-refractivity contribution in [1.82, 2.24) is 9.97 Å². The first-order valence-electron chi connectivity index (χ1n) is 5.43. The highest BCUT2D eigenvalue weighted by Crippen LogP contribution is 2.30. The van der Waals surface area contributed by atoms with E-state index in [0.717, 1.165) is 12.4 Å². The molecule has 0 aliphatic rings. The Labute approximate surface area is 118 Å². The molecule has 0 saturated carbocycles.